The summed E-state index contributed by atoms with van der Waals surface area (Å²) in [7, 11) is 1.66. The molecular weight excluding hydrogens is 379 g/mol. The van der Waals surface area contributed by atoms with Crippen molar-refractivity contribution >= 4 is 23.2 Å². The van der Waals surface area contributed by atoms with E-state index in [1.807, 2.05) is 78.9 Å². The Balaban J connectivity index is 1.45. The zero-order valence-corrected chi connectivity index (χ0v) is 16.5. The monoisotopic (exact) mass is 398 g/mol. The first-order chi connectivity index (χ1) is 13.1. The maximum absolute atomic E-state index is 6.60. The third kappa shape index (κ3) is 3.78. The molecule has 3 aromatic rings. The topological polar surface area (TPSA) is 18.5 Å². The molecule has 27 heavy (non-hydrogen) atoms. The van der Waals surface area contributed by atoms with Crippen LogP contribution in [0.3, 0.4) is 0 Å². The number of rotatable bonds is 6. The van der Waals surface area contributed by atoms with Gasteiger partial charge in [-0.15, -0.1) is 23.2 Å². The summed E-state index contributed by atoms with van der Waals surface area (Å²) in [5, 5.41) is 0. The molecule has 1 saturated carbocycles. The summed E-state index contributed by atoms with van der Waals surface area (Å²) >= 11 is 13.2. The summed E-state index contributed by atoms with van der Waals surface area (Å²) in [4.78, 5) is 0. The smallest absolute Gasteiger partial charge is 0.133 e. The molecule has 1 aliphatic carbocycles. The van der Waals surface area contributed by atoms with Crippen molar-refractivity contribution in [2.75, 3.05) is 7.11 Å². The highest BCUT2D eigenvalue weighted by Gasteiger charge is 2.64. The van der Waals surface area contributed by atoms with Crippen molar-refractivity contribution < 1.29 is 9.47 Å². The third-order valence-electron chi connectivity index (χ3n) is 5.02. The number of benzene rings is 3. The minimum atomic E-state index is -0.791. The molecule has 2 nitrogen and oxygen atoms in total. The normalized spacial score (nSPS) is 20.1. The van der Waals surface area contributed by atoms with Gasteiger partial charge in [0.25, 0.3) is 0 Å². The van der Waals surface area contributed by atoms with Crippen LogP contribution in [0.5, 0.6) is 11.5 Å². The quantitative estimate of drug-likeness (QED) is 0.451. The van der Waals surface area contributed by atoms with Crippen molar-refractivity contribution in [3.8, 4) is 11.5 Å². The van der Waals surface area contributed by atoms with Crippen LogP contribution >= 0.6 is 23.2 Å². The van der Waals surface area contributed by atoms with Gasteiger partial charge in [0.05, 0.1) is 7.11 Å². The highest BCUT2D eigenvalue weighted by molar-refractivity contribution is 6.52. The molecule has 0 bridgehead atoms. The van der Waals surface area contributed by atoms with Crippen LogP contribution in [0.1, 0.15) is 28.5 Å². The van der Waals surface area contributed by atoms with Gasteiger partial charge in [-0.3, -0.25) is 0 Å². The van der Waals surface area contributed by atoms with Gasteiger partial charge in [0, 0.05) is 11.8 Å². The van der Waals surface area contributed by atoms with E-state index in [0.29, 0.717) is 6.61 Å². The molecule has 4 rings (SSSR count). The van der Waals surface area contributed by atoms with Crippen molar-refractivity contribution in [3.63, 3.8) is 0 Å². The Morgan fingerprint density at radius 3 is 1.78 bits per heavy atom. The number of ether oxygens (including phenoxy) is 2. The average Bonchev–Trinajstić information content (AvgIpc) is 3.29. The van der Waals surface area contributed by atoms with E-state index in [4.69, 9.17) is 32.7 Å². The Hall–Kier alpha value is -2.16. The zero-order chi connectivity index (χ0) is 18.9. The molecule has 1 fully saturated rings. The second kappa shape index (κ2) is 7.46. The van der Waals surface area contributed by atoms with Gasteiger partial charge >= 0.3 is 0 Å². The van der Waals surface area contributed by atoms with Crippen LogP contribution in [-0.4, -0.2) is 11.4 Å². The van der Waals surface area contributed by atoms with Crippen LogP contribution in [0.15, 0.2) is 78.9 Å². The maximum atomic E-state index is 6.60. The van der Waals surface area contributed by atoms with Gasteiger partial charge in [-0.25, -0.2) is 0 Å². The van der Waals surface area contributed by atoms with E-state index in [0.717, 1.165) is 28.2 Å². The minimum Gasteiger partial charge on any atom is -0.497 e. The van der Waals surface area contributed by atoms with E-state index in [1.54, 1.807) is 7.11 Å². The lowest BCUT2D eigenvalue weighted by atomic mass is 10.0. The summed E-state index contributed by atoms with van der Waals surface area (Å²) < 4.78 is 10.3. The summed E-state index contributed by atoms with van der Waals surface area (Å²) in [6, 6.07) is 26.1. The highest BCUT2D eigenvalue weighted by Crippen LogP contribution is 2.70. The van der Waals surface area contributed by atoms with Gasteiger partial charge in [-0.05, 0) is 41.0 Å². The lowest BCUT2D eigenvalue weighted by molar-refractivity contribution is 0.306. The van der Waals surface area contributed by atoms with E-state index < -0.39 is 4.33 Å². The van der Waals surface area contributed by atoms with Gasteiger partial charge in [0.15, 0.2) is 0 Å². The Kier molecular flexibility index (Phi) is 5.03. The summed E-state index contributed by atoms with van der Waals surface area (Å²) in [5.74, 6) is 1.80. The number of hydrogen-bond acceptors (Lipinski definition) is 2. The van der Waals surface area contributed by atoms with Crippen molar-refractivity contribution in [2.24, 2.45) is 0 Å². The molecule has 0 spiro atoms. The molecule has 0 heterocycles. The van der Waals surface area contributed by atoms with Crippen molar-refractivity contribution in [1.29, 1.82) is 0 Å². The van der Waals surface area contributed by atoms with Crippen LogP contribution in [-0.2, 0) is 6.61 Å². The lowest BCUT2D eigenvalue weighted by Gasteiger charge is -2.07. The largest absolute Gasteiger partial charge is 0.497 e. The van der Waals surface area contributed by atoms with Gasteiger partial charge in [0.2, 0.25) is 0 Å². The molecule has 0 saturated heterocycles. The van der Waals surface area contributed by atoms with Crippen LogP contribution in [0.2, 0.25) is 0 Å². The van der Waals surface area contributed by atoms with E-state index >= 15 is 0 Å². The zero-order valence-electron chi connectivity index (χ0n) is 14.9. The summed E-state index contributed by atoms with van der Waals surface area (Å²) in [6.07, 6.45) is 0. The second-order valence-electron chi connectivity index (χ2n) is 6.75. The Morgan fingerprint density at radius 2 is 1.26 bits per heavy atom. The first-order valence-corrected chi connectivity index (χ1v) is 9.63. The molecule has 0 radical (unpaired) electrons. The molecule has 0 aromatic heterocycles. The predicted molar refractivity (Wildman–Crippen MR) is 110 cm³/mol. The molecular formula is C23H20Cl2O2. The van der Waals surface area contributed by atoms with Crippen LogP contribution < -0.4 is 9.47 Å². The van der Waals surface area contributed by atoms with Crippen LogP contribution in [0, 0.1) is 0 Å². The summed E-state index contributed by atoms with van der Waals surface area (Å²) in [6.45, 7) is 0.549. The fourth-order valence-electron chi connectivity index (χ4n) is 3.48. The van der Waals surface area contributed by atoms with E-state index in [-0.39, 0.29) is 11.8 Å². The highest BCUT2D eigenvalue weighted by atomic mass is 35.5. The lowest BCUT2D eigenvalue weighted by Crippen LogP contribution is -1.95. The fraction of sp³-hybridized carbons (Fsp3) is 0.217. The SMILES string of the molecule is COc1ccc(C2C(c3ccc(OCc4ccccc4)cc3)C2(Cl)Cl)cc1. The van der Waals surface area contributed by atoms with E-state index in [2.05, 4.69) is 0 Å². The molecule has 0 amide bonds. The van der Waals surface area contributed by atoms with E-state index in [1.165, 1.54) is 0 Å². The average molecular weight is 399 g/mol. The Bertz CT molecular complexity index is 890. The van der Waals surface area contributed by atoms with Crippen molar-refractivity contribution in [3.05, 3.63) is 95.6 Å². The fourth-order valence-corrected chi connectivity index (χ4v) is 4.36. The Morgan fingerprint density at radius 1 is 0.741 bits per heavy atom. The molecule has 138 valence electrons. The molecule has 1 aliphatic rings. The second-order valence-corrected chi connectivity index (χ2v) is 8.19. The first-order valence-electron chi connectivity index (χ1n) is 8.88. The number of methoxy groups -OCH3 is 1. The standard InChI is InChI=1S/C23H20Cl2O2/c1-26-19-11-7-17(8-12-19)21-22(23(21,24)25)18-9-13-20(14-10-18)27-15-16-5-3-2-4-6-16/h2-14,21-22H,15H2,1H3. The van der Waals surface area contributed by atoms with Gasteiger partial charge < -0.3 is 9.47 Å². The number of halogens is 2. The maximum Gasteiger partial charge on any atom is 0.133 e. The Labute approximate surface area is 169 Å². The number of alkyl halides is 2. The molecule has 0 N–H and O–H groups in total. The minimum absolute atomic E-state index is 0.0670. The van der Waals surface area contributed by atoms with Crippen molar-refractivity contribution in [1.82, 2.24) is 0 Å². The first kappa shape index (κ1) is 18.2. The molecule has 2 unspecified atom stereocenters. The molecule has 2 atom stereocenters. The van der Waals surface area contributed by atoms with Crippen molar-refractivity contribution in [2.45, 2.75) is 22.8 Å². The molecule has 0 aliphatic heterocycles. The molecule has 3 aromatic carbocycles. The van der Waals surface area contributed by atoms with E-state index in [9.17, 15) is 0 Å². The predicted octanol–water partition coefficient (Wildman–Crippen LogP) is 6.33. The van der Waals surface area contributed by atoms with Crippen LogP contribution in [0.25, 0.3) is 0 Å². The number of hydrogen-bond donors (Lipinski definition) is 0. The summed E-state index contributed by atoms with van der Waals surface area (Å²) in [5.41, 5.74) is 3.38. The van der Waals surface area contributed by atoms with Gasteiger partial charge in [-0.1, -0.05) is 54.6 Å². The van der Waals surface area contributed by atoms with Crippen LogP contribution in [0.4, 0.5) is 0 Å². The van der Waals surface area contributed by atoms with Gasteiger partial charge in [0.1, 0.15) is 22.4 Å². The molecule has 4 heteroatoms. The third-order valence-corrected chi connectivity index (χ3v) is 5.96. The van der Waals surface area contributed by atoms with Gasteiger partial charge in [-0.2, -0.15) is 0 Å².